The zero-order chi connectivity index (χ0) is 14.8. The number of hydrogen-bond donors (Lipinski definition) is 2. The van der Waals surface area contributed by atoms with E-state index in [9.17, 15) is 14.4 Å². The molecule has 0 aliphatic carbocycles. The van der Waals surface area contributed by atoms with E-state index in [-0.39, 0.29) is 5.56 Å². The van der Waals surface area contributed by atoms with E-state index in [1.54, 1.807) is 12.1 Å². The molecule has 0 saturated carbocycles. The molecule has 102 valence electrons. The van der Waals surface area contributed by atoms with Crippen molar-refractivity contribution in [2.45, 2.75) is 12.5 Å². The molecule has 0 unspecified atom stereocenters. The number of carboxylic acids is 2. The monoisotopic (exact) mass is 377 g/mol. The predicted octanol–water partition coefficient (Wildman–Crippen LogP) is 1.29. The molecule has 0 fully saturated rings. The maximum atomic E-state index is 12.1. The number of carboxylic acid groups (broad SMARTS) is 2. The summed E-state index contributed by atoms with van der Waals surface area (Å²) in [6.45, 7) is 0.974. The summed E-state index contributed by atoms with van der Waals surface area (Å²) in [5.41, 5.74) is -2.07. The summed E-state index contributed by atoms with van der Waals surface area (Å²) in [6.07, 6.45) is 0. The minimum absolute atomic E-state index is 0.233. The molecule has 1 rings (SSSR count). The number of halogens is 1. The zero-order valence-corrected chi connectivity index (χ0v) is 12.4. The maximum Gasteiger partial charge on any atom is 0.341 e. The minimum atomic E-state index is -2.31. The second-order valence-electron chi connectivity index (χ2n) is 4.05. The van der Waals surface area contributed by atoms with Crippen LogP contribution in [-0.2, 0) is 9.59 Å². The zero-order valence-electron chi connectivity index (χ0n) is 10.3. The predicted molar refractivity (Wildman–Crippen MR) is 74.9 cm³/mol. The molecule has 1 aromatic rings. The van der Waals surface area contributed by atoms with Gasteiger partial charge < -0.3 is 15.1 Å². The van der Waals surface area contributed by atoms with Gasteiger partial charge in [-0.15, -0.1) is 0 Å². The van der Waals surface area contributed by atoms with Gasteiger partial charge in [0, 0.05) is 16.2 Å². The Labute approximate surface area is 123 Å². The quantitative estimate of drug-likeness (QED) is 0.609. The van der Waals surface area contributed by atoms with Crippen LogP contribution in [0.4, 0.5) is 0 Å². The van der Waals surface area contributed by atoms with Gasteiger partial charge in [0.25, 0.3) is 5.91 Å². The lowest BCUT2D eigenvalue weighted by Gasteiger charge is -2.31. The molecular formula is C12H12INO5. The fourth-order valence-corrected chi connectivity index (χ4v) is 1.73. The summed E-state index contributed by atoms with van der Waals surface area (Å²) < 4.78 is 0.913. The average Bonchev–Trinajstić information content (AvgIpc) is 2.36. The van der Waals surface area contributed by atoms with E-state index in [1.165, 1.54) is 12.1 Å². The topological polar surface area (TPSA) is 94.9 Å². The molecule has 0 aliphatic rings. The Morgan fingerprint density at radius 2 is 1.53 bits per heavy atom. The molecule has 7 heteroatoms. The number of aliphatic carboxylic acids is 2. The molecule has 0 bridgehead atoms. The van der Waals surface area contributed by atoms with Crippen molar-refractivity contribution in [2.75, 3.05) is 7.05 Å². The third-order valence-corrected chi connectivity index (χ3v) is 3.62. The van der Waals surface area contributed by atoms with Crippen molar-refractivity contribution in [3.63, 3.8) is 0 Å². The average molecular weight is 377 g/mol. The van der Waals surface area contributed by atoms with Gasteiger partial charge >= 0.3 is 11.9 Å². The van der Waals surface area contributed by atoms with Crippen LogP contribution in [0.15, 0.2) is 24.3 Å². The molecule has 0 atom stereocenters. The van der Waals surface area contributed by atoms with E-state index < -0.39 is 23.4 Å². The third kappa shape index (κ3) is 2.86. The van der Waals surface area contributed by atoms with Crippen LogP contribution in [0.2, 0.25) is 0 Å². The van der Waals surface area contributed by atoms with Crippen LogP contribution in [-0.4, -0.2) is 45.5 Å². The van der Waals surface area contributed by atoms with Crippen molar-refractivity contribution in [1.82, 2.24) is 4.90 Å². The van der Waals surface area contributed by atoms with Crippen LogP contribution in [0.5, 0.6) is 0 Å². The first-order chi connectivity index (χ1) is 8.71. The maximum absolute atomic E-state index is 12.1. The molecule has 2 N–H and O–H groups in total. The Hall–Kier alpha value is -1.64. The Kier molecular flexibility index (Phi) is 4.51. The van der Waals surface area contributed by atoms with Crippen LogP contribution in [0, 0.1) is 3.57 Å². The van der Waals surface area contributed by atoms with Crippen molar-refractivity contribution in [3.8, 4) is 0 Å². The molecule has 1 amide bonds. The molecule has 6 nitrogen and oxygen atoms in total. The van der Waals surface area contributed by atoms with E-state index in [4.69, 9.17) is 10.2 Å². The van der Waals surface area contributed by atoms with Crippen LogP contribution >= 0.6 is 22.6 Å². The first-order valence-corrected chi connectivity index (χ1v) is 6.29. The summed E-state index contributed by atoms with van der Waals surface area (Å²) >= 11 is 2.06. The fourth-order valence-electron chi connectivity index (χ4n) is 1.37. The van der Waals surface area contributed by atoms with Gasteiger partial charge in [0.15, 0.2) is 0 Å². The summed E-state index contributed by atoms with van der Waals surface area (Å²) in [5.74, 6) is -3.86. The van der Waals surface area contributed by atoms with Gasteiger partial charge in [0.2, 0.25) is 5.54 Å². The Morgan fingerprint density at radius 1 is 1.11 bits per heavy atom. The molecule has 0 heterocycles. The number of rotatable bonds is 4. The number of likely N-dealkylation sites (N-methyl/N-ethyl adjacent to an activating group) is 1. The summed E-state index contributed by atoms with van der Waals surface area (Å²) in [5, 5.41) is 18.1. The van der Waals surface area contributed by atoms with E-state index in [2.05, 4.69) is 22.6 Å². The standard InChI is InChI=1S/C12H12INO5/c1-12(10(16)17,11(18)19)14(2)9(15)7-3-5-8(13)6-4-7/h3-6H,1-2H3,(H,16,17)(H,18,19). The first kappa shape index (κ1) is 15.4. The Morgan fingerprint density at radius 3 is 1.89 bits per heavy atom. The van der Waals surface area contributed by atoms with Crippen LogP contribution in [0.1, 0.15) is 17.3 Å². The molecule has 19 heavy (non-hydrogen) atoms. The SMILES string of the molecule is CN(C(=O)c1ccc(I)cc1)C(C)(C(=O)O)C(=O)O. The van der Waals surface area contributed by atoms with Gasteiger partial charge in [-0.25, -0.2) is 9.59 Å². The second kappa shape index (κ2) is 5.55. The fraction of sp³-hybridized carbons (Fsp3) is 0.250. The van der Waals surface area contributed by atoms with Crippen molar-refractivity contribution >= 4 is 40.4 Å². The van der Waals surface area contributed by atoms with E-state index >= 15 is 0 Å². The lowest BCUT2D eigenvalue weighted by atomic mass is 10.00. The normalized spacial score (nSPS) is 10.9. The van der Waals surface area contributed by atoms with Gasteiger partial charge in [-0.05, 0) is 53.8 Å². The van der Waals surface area contributed by atoms with Gasteiger partial charge in [0.05, 0.1) is 0 Å². The lowest BCUT2D eigenvalue weighted by Crippen LogP contribution is -2.58. The Bertz CT molecular complexity index is 511. The van der Waals surface area contributed by atoms with Crippen molar-refractivity contribution in [2.24, 2.45) is 0 Å². The van der Waals surface area contributed by atoms with Crippen molar-refractivity contribution in [1.29, 1.82) is 0 Å². The van der Waals surface area contributed by atoms with E-state index in [0.29, 0.717) is 4.90 Å². The van der Waals surface area contributed by atoms with E-state index in [1.807, 2.05) is 0 Å². The molecule has 0 aliphatic heterocycles. The molecule has 0 aromatic heterocycles. The highest BCUT2D eigenvalue weighted by Gasteiger charge is 2.48. The van der Waals surface area contributed by atoms with Gasteiger partial charge in [0.1, 0.15) is 0 Å². The summed E-state index contributed by atoms with van der Waals surface area (Å²) in [7, 11) is 1.16. The smallest absolute Gasteiger partial charge is 0.341 e. The Balaban J connectivity index is 3.14. The highest BCUT2D eigenvalue weighted by molar-refractivity contribution is 14.1. The van der Waals surface area contributed by atoms with Crippen LogP contribution in [0.3, 0.4) is 0 Å². The van der Waals surface area contributed by atoms with Crippen LogP contribution < -0.4 is 0 Å². The molecule has 1 aromatic carbocycles. The largest absolute Gasteiger partial charge is 0.479 e. The third-order valence-electron chi connectivity index (χ3n) is 2.90. The first-order valence-electron chi connectivity index (χ1n) is 5.21. The van der Waals surface area contributed by atoms with Crippen molar-refractivity contribution < 1.29 is 24.6 Å². The van der Waals surface area contributed by atoms with Gasteiger partial charge in [-0.1, -0.05) is 0 Å². The lowest BCUT2D eigenvalue weighted by molar-refractivity contribution is -0.163. The number of benzene rings is 1. The molecule has 0 spiro atoms. The second-order valence-corrected chi connectivity index (χ2v) is 5.30. The number of hydrogen-bond acceptors (Lipinski definition) is 3. The highest BCUT2D eigenvalue weighted by atomic mass is 127. The van der Waals surface area contributed by atoms with Crippen LogP contribution in [0.25, 0.3) is 0 Å². The molecular weight excluding hydrogens is 365 g/mol. The summed E-state index contributed by atoms with van der Waals surface area (Å²) in [6, 6.07) is 6.40. The number of nitrogens with zero attached hydrogens (tertiary/aromatic N) is 1. The highest BCUT2D eigenvalue weighted by Crippen LogP contribution is 2.18. The minimum Gasteiger partial charge on any atom is -0.479 e. The molecule has 0 saturated heterocycles. The molecule has 0 radical (unpaired) electrons. The van der Waals surface area contributed by atoms with Gasteiger partial charge in [-0.3, -0.25) is 4.79 Å². The van der Waals surface area contributed by atoms with Crippen molar-refractivity contribution in [3.05, 3.63) is 33.4 Å². The number of amides is 1. The number of carbonyl (C=O) groups excluding carboxylic acids is 1. The summed E-state index contributed by atoms with van der Waals surface area (Å²) in [4.78, 5) is 35.1. The number of carbonyl (C=O) groups is 3. The van der Waals surface area contributed by atoms with E-state index in [0.717, 1.165) is 17.5 Å². The van der Waals surface area contributed by atoms with Gasteiger partial charge in [-0.2, -0.15) is 0 Å².